The highest BCUT2D eigenvalue weighted by Crippen LogP contribution is 2.31. The van der Waals surface area contributed by atoms with E-state index in [0.29, 0.717) is 0 Å². The summed E-state index contributed by atoms with van der Waals surface area (Å²) in [6.45, 7) is 0.749. The van der Waals surface area contributed by atoms with Crippen LogP contribution in [0.1, 0.15) is 30.9 Å². The molecule has 3 heterocycles. The molecular formula is C18H20N6O. The Labute approximate surface area is 145 Å². The molecule has 3 aromatic rings. The zero-order chi connectivity index (χ0) is 17.2. The number of hydrogen-bond donors (Lipinski definition) is 1. The zero-order valence-electron chi connectivity index (χ0n) is 14.1. The first kappa shape index (κ1) is 15.6. The highest BCUT2D eigenvalue weighted by Gasteiger charge is 2.28. The van der Waals surface area contributed by atoms with Crippen molar-refractivity contribution >= 4 is 22.8 Å². The van der Waals surface area contributed by atoms with E-state index >= 15 is 0 Å². The molecule has 0 saturated carbocycles. The van der Waals surface area contributed by atoms with E-state index in [2.05, 4.69) is 20.6 Å². The normalized spacial score (nSPS) is 17.6. The van der Waals surface area contributed by atoms with Crippen LogP contribution < -0.4 is 5.32 Å². The first-order chi connectivity index (χ1) is 12.2. The van der Waals surface area contributed by atoms with Gasteiger partial charge >= 0.3 is 6.03 Å². The second-order valence-electron chi connectivity index (χ2n) is 6.34. The largest absolute Gasteiger partial charge is 0.322 e. The maximum absolute atomic E-state index is 12.8. The fourth-order valence-electron chi connectivity index (χ4n) is 3.41. The number of likely N-dealkylation sites (tertiary alicyclic amines) is 1. The molecule has 7 heteroatoms. The van der Waals surface area contributed by atoms with Crippen LogP contribution in [-0.2, 0) is 7.05 Å². The van der Waals surface area contributed by atoms with Crippen molar-refractivity contribution in [2.45, 2.75) is 25.3 Å². The van der Waals surface area contributed by atoms with E-state index in [1.165, 1.54) is 0 Å². The van der Waals surface area contributed by atoms with Gasteiger partial charge in [-0.2, -0.15) is 0 Å². The number of rotatable bonds is 2. The Hall–Kier alpha value is -2.96. The van der Waals surface area contributed by atoms with Crippen LogP contribution in [0.2, 0.25) is 0 Å². The van der Waals surface area contributed by atoms with Gasteiger partial charge in [0.15, 0.2) is 0 Å². The number of amides is 2. The van der Waals surface area contributed by atoms with E-state index in [1.807, 2.05) is 48.5 Å². The number of carbonyl (C=O) groups is 1. The lowest BCUT2D eigenvalue weighted by atomic mass is 9.97. The average Bonchev–Trinajstić information content (AvgIpc) is 3.03. The van der Waals surface area contributed by atoms with Gasteiger partial charge in [-0.25, -0.2) is 9.48 Å². The maximum atomic E-state index is 12.8. The number of urea groups is 1. The molecule has 7 nitrogen and oxygen atoms in total. The first-order valence-electron chi connectivity index (χ1n) is 8.49. The predicted octanol–water partition coefficient (Wildman–Crippen LogP) is 3.12. The predicted molar refractivity (Wildman–Crippen MR) is 95.1 cm³/mol. The number of nitrogens with one attached hydrogen (secondary N) is 1. The molecule has 2 aromatic heterocycles. The van der Waals surface area contributed by atoms with Gasteiger partial charge in [-0.15, -0.1) is 5.10 Å². The third-order valence-electron chi connectivity index (χ3n) is 4.69. The van der Waals surface area contributed by atoms with Gasteiger partial charge in [0.25, 0.3) is 0 Å². The van der Waals surface area contributed by atoms with E-state index in [4.69, 9.17) is 0 Å². The van der Waals surface area contributed by atoms with Gasteiger partial charge in [0, 0.05) is 31.7 Å². The molecule has 1 atom stereocenters. The third kappa shape index (κ3) is 3.05. The van der Waals surface area contributed by atoms with Crippen molar-refractivity contribution < 1.29 is 4.79 Å². The number of pyridine rings is 1. The Kier molecular flexibility index (Phi) is 4.05. The van der Waals surface area contributed by atoms with Crippen LogP contribution in [0.5, 0.6) is 0 Å². The van der Waals surface area contributed by atoms with Crippen LogP contribution >= 0.6 is 0 Å². The molecule has 1 unspecified atom stereocenters. The summed E-state index contributed by atoms with van der Waals surface area (Å²) in [5.74, 6) is 0. The van der Waals surface area contributed by atoms with Crippen LogP contribution in [0.3, 0.4) is 0 Å². The summed E-state index contributed by atoms with van der Waals surface area (Å²) in [5.41, 5.74) is 3.52. The molecule has 1 aliphatic heterocycles. The molecule has 4 rings (SSSR count). The summed E-state index contributed by atoms with van der Waals surface area (Å²) in [6.07, 6.45) is 6.71. The minimum atomic E-state index is -0.0863. The fraction of sp³-hybridized carbons (Fsp3) is 0.333. The van der Waals surface area contributed by atoms with E-state index in [9.17, 15) is 4.79 Å². The SMILES string of the molecule is Cn1nnc2cc(NC(=O)N3CCCCC3c3cccnc3)ccc21. The maximum Gasteiger partial charge on any atom is 0.322 e. The van der Waals surface area contributed by atoms with Gasteiger partial charge < -0.3 is 10.2 Å². The number of nitrogens with zero attached hydrogens (tertiary/aromatic N) is 5. The number of piperidine rings is 1. The minimum absolute atomic E-state index is 0.0719. The molecule has 2 amide bonds. The molecule has 1 aliphatic rings. The molecular weight excluding hydrogens is 316 g/mol. The van der Waals surface area contributed by atoms with Crippen LogP contribution in [-0.4, -0.2) is 37.5 Å². The number of carbonyl (C=O) groups excluding carboxylic acids is 1. The van der Waals surface area contributed by atoms with Gasteiger partial charge in [-0.3, -0.25) is 4.98 Å². The Morgan fingerprint density at radius 1 is 1.28 bits per heavy atom. The van der Waals surface area contributed by atoms with Crippen molar-refractivity contribution in [3.8, 4) is 0 Å². The monoisotopic (exact) mass is 336 g/mol. The molecule has 1 aromatic carbocycles. The van der Waals surface area contributed by atoms with Gasteiger partial charge in [0.2, 0.25) is 0 Å². The van der Waals surface area contributed by atoms with Crippen molar-refractivity contribution in [2.75, 3.05) is 11.9 Å². The average molecular weight is 336 g/mol. The van der Waals surface area contributed by atoms with Crippen LogP contribution in [0.25, 0.3) is 11.0 Å². The van der Waals surface area contributed by atoms with E-state index in [-0.39, 0.29) is 12.1 Å². The first-order valence-corrected chi connectivity index (χ1v) is 8.49. The second kappa shape index (κ2) is 6.51. The van der Waals surface area contributed by atoms with Crippen molar-refractivity contribution in [1.82, 2.24) is 24.9 Å². The number of fused-ring (bicyclic) bond motifs is 1. The number of anilines is 1. The topological polar surface area (TPSA) is 75.9 Å². The highest BCUT2D eigenvalue weighted by molar-refractivity contribution is 5.92. The number of hydrogen-bond acceptors (Lipinski definition) is 4. The van der Waals surface area contributed by atoms with E-state index in [0.717, 1.165) is 48.1 Å². The van der Waals surface area contributed by atoms with Crippen molar-refractivity contribution in [2.24, 2.45) is 7.05 Å². The quantitative estimate of drug-likeness (QED) is 0.780. The molecule has 1 fully saturated rings. The summed E-state index contributed by atoms with van der Waals surface area (Å²) in [7, 11) is 1.85. The third-order valence-corrected chi connectivity index (χ3v) is 4.69. The Balaban J connectivity index is 1.55. The Bertz CT molecular complexity index is 891. The summed E-state index contributed by atoms with van der Waals surface area (Å²) >= 11 is 0. The molecule has 1 saturated heterocycles. The lowest BCUT2D eigenvalue weighted by molar-refractivity contribution is 0.163. The summed E-state index contributed by atoms with van der Waals surface area (Å²) in [4.78, 5) is 18.9. The van der Waals surface area contributed by atoms with Crippen LogP contribution in [0, 0.1) is 0 Å². The lowest BCUT2D eigenvalue weighted by Gasteiger charge is -2.35. The summed E-state index contributed by atoms with van der Waals surface area (Å²) in [6, 6.07) is 9.59. The molecule has 1 N–H and O–H groups in total. The summed E-state index contributed by atoms with van der Waals surface area (Å²) in [5, 5.41) is 11.1. The van der Waals surface area contributed by atoms with E-state index < -0.39 is 0 Å². The lowest BCUT2D eigenvalue weighted by Crippen LogP contribution is -2.41. The Morgan fingerprint density at radius 2 is 2.20 bits per heavy atom. The molecule has 0 spiro atoms. The van der Waals surface area contributed by atoms with Gasteiger partial charge in [-0.05, 0) is 49.1 Å². The van der Waals surface area contributed by atoms with Gasteiger partial charge in [-0.1, -0.05) is 11.3 Å². The molecule has 0 bridgehead atoms. The number of benzene rings is 1. The van der Waals surface area contributed by atoms with Gasteiger partial charge in [0.1, 0.15) is 5.52 Å². The summed E-state index contributed by atoms with van der Waals surface area (Å²) < 4.78 is 1.71. The second-order valence-corrected chi connectivity index (χ2v) is 6.34. The number of aromatic nitrogens is 4. The smallest absolute Gasteiger partial charge is 0.317 e. The molecule has 0 aliphatic carbocycles. The van der Waals surface area contributed by atoms with Crippen molar-refractivity contribution in [3.05, 3.63) is 48.3 Å². The molecule has 25 heavy (non-hydrogen) atoms. The van der Waals surface area contributed by atoms with Crippen LogP contribution in [0.15, 0.2) is 42.7 Å². The van der Waals surface area contributed by atoms with E-state index in [1.54, 1.807) is 10.9 Å². The standard InChI is InChI=1S/C18H20N6O/c1-23-17-8-7-14(11-15(17)21-22-23)20-18(25)24-10-3-2-6-16(24)13-5-4-9-19-12-13/h4-5,7-9,11-12,16H,2-3,6,10H2,1H3,(H,20,25). The van der Waals surface area contributed by atoms with Crippen molar-refractivity contribution in [3.63, 3.8) is 0 Å². The zero-order valence-corrected chi connectivity index (χ0v) is 14.1. The molecule has 0 radical (unpaired) electrons. The van der Waals surface area contributed by atoms with Gasteiger partial charge in [0.05, 0.1) is 11.6 Å². The van der Waals surface area contributed by atoms with Crippen LogP contribution in [0.4, 0.5) is 10.5 Å². The molecule has 128 valence electrons. The highest BCUT2D eigenvalue weighted by atomic mass is 16.2. The fourth-order valence-corrected chi connectivity index (χ4v) is 3.41. The van der Waals surface area contributed by atoms with Crippen molar-refractivity contribution in [1.29, 1.82) is 0 Å². The number of aryl methyl sites for hydroxylation is 1. The Morgan fingerprint density at radius 3 is 3.04 bits per heavy atom. The minimum Gasteiger partial charge on any atom is -0.317 e.